The highest BCUT2D eigenvalue weighted by Gasteiger charge is 2.06. The summed E-state index contributed by atoms with van der Waals surface area (Å²) in [4.78, 5) is 1.06. The van der Waals surface area contributed by atoms with Crippen molar-refractivity contribution in [1.29, 1.82) is 0 Å². The third kappa shape index (κ3) is 2.70. The fourth-order valence-electron chi connectivity index (χ4n) is 0.747. The van der Waals surface area contributed by atoms with Crippen LogP contribution in [0.2, 0.25) is 0 Å². The van der Waals surface area contributed by atoms with Crippen LogP contribution in [0.4, 0.5) is 0 Å². The molecule has 0 fully saturated rings. The van der Waals surface area contributed by atoms with E-state index in [0.29, 0.717) is 0 Å². The summed E-state index contributed by atoms with van der Waals surface area (Å²) in [6.45, 7) is 1.85. The molecule has 0 bridgehead atoms. The molecule has 0 amide bonds. The maximum absolute atomic E-state index is 10.3. The second-order valence-electron chi connectivity index (χ2n) is 2.10. The highest BCUT2D eigenvalue weighted by molar-refractivity contribution is 7.77. The first-order valence-electron chi connectivity index (χ1n) is 3.10. The lowest BCUT2D eigenvalue weighted by molar-refractivity contribution is 0.537. The Morgan fingerprint density at radius 1 is 1.82 bits per heavy atom. The minimum absolute atomic E-state index is 0.0548. The Balaban J connectivity index is 2.56. The van der Waals surface area contributed by atoms with Gasteiger partial charge in [0.25, 0.3) is 0 Å². The molecule has 2 atom stereocenters. The van der Waals surface area contributed by atoms with Crippen LogP contribution in [0.25, 0.3) is 0 Å². The maximum atomic E-state index is 10.3. The number of rotatable bonds is 3. The van der Waals surface area contributed by atoms with Crippen LogP contribution in [0.3, 0.4) is 0 Å². The molecule has 62 valence electrons. The number of thiophene rings is 1. The third-order valence-electron chi connectivity index (χ3n) is 1.25. The Morgan fingerprint density at radius 3 is 3.00 bits per heavy atom. The lowest BCUT2D eigenvalue weighted by Gasteiger charge is -2.06. The van der Waals surface area contributed by atoms with E-state index in [4.69, 9.17) is 4.55 Å². The first-order chi connectivity index (χ1) is 5.20. The van der Waals surface area contributed by atoms with Gasteiger partial charge in [0.05, 0.1) is 6.04 Å². The summed E-state index contributed by atoms with van der Waals surface area (Å²) in [5.41, 5.74) is 0. The molecule has 3 nitrogen and oxygen atoms in total. The summed E-state index contributed by atoms with van der Waals surface area (Å²) in [6.07, 6.45) is 0. The molecule has 0 radical (unpaired) electrons. The van der Waals surface area contributed by atoms with Gasteiger partial charge in [-0.3, -0.25) is 4.55 Å². The molecule has 0 aromatic carbocycles. The van der Waals surface area contributed by atoms with Crippen molar-refractivity contribution in [3.05, 3.63) is 22.4 Å². The van der Waals surface area contributed by atoms with E-state index in [9.17, 15) is 4.21 Å². The van der Waals surface area contributed by atoms with Crippen molar-refractivity contribution in [3.8, 4) is 0 Å². The van der Waals surface area contributed by atoms with Crippen molar-refractivity contribution < 1.29 is 8.76 Å². The molecule has 11 heavy (non-hydrogen) atoms. The van der Waals surface area contributed by atoms with Gasteiger partial charge in [-0.25, -0.2) is 8.93 Å². The lowest BCUT2D eigenvalue weighted by Crippen LogP contribution is -2.19. The predicted octanol–water partition coefficient (Wildman–Crippen LogP) is 1.54. The SMILES string of the molecule is CC(NS(=O)O)c1cccs1. The van der Waals surface area contributed by atoms with Crippen molar-refractivity contribution in [1.82, 2.24) is 4.72 Å². The molecular formula is C6H9NO2S2. The first-order valence-corrected chi connectivity index (χ1v) is 5.09. The van der Waals surface area contributed by atoms with Gasteiger partial charge in [-0.05, 0) is 18.4 Å². The van der Waals surface area contributed by atoms with Crippen LogP contribution < -0.4 is 4.72 Å². The topological polar surface area (TPSA) is 49.3 Å². The highest BCUT2D eigenvalue weighted by Crippen LogP contribution is 2.17. The van der Waals surface area contributed by atoms with Crippen LogP contribution in [0.1, 0.15) is 17.8 Å². The Bertz CT molecular complexity index is 235. The molecule has 2 N–H and O–H groups in total. The normalized spacial score (nSPS) is 16.2. The third-order valence-corrected chi connectivity index (χ3v) is 2.86. The van der Waals surface area contributed by atoms with Crippen molar-refractivity contribution in [2.24, 2.45) is 0 Å². The van der Waals surface area contributed by atoms with Crippen LogP contribution >= 0.6 is 11.3 Å². The summed E-state index contributed by atoms with van der Waals surface area (Å²) in [6, 6.07) is 3.79. The zero-order valence-electron chi connectivity index (χ0n) is 5.98. The van der Waals surface area contributed by atoms with Gasteiger partial charge in [0.2, 0.25) is 11.3 Å². The Morgan fingerprint density at radius 2 is 2.55 bits per heavy atom. The fourth-order valence-corrected chi connectivity index (χ4v) is 1.99. The van der Waals surface area contributed by atoms with Crippen molar-refractivity contribution in [2.45, 2.75) is 13.0 Å². The first kappa shape index (κ1) is 8.86. The molecule has 1 aromatic heterocycles. The van der Waals surface area contributed by atoms with E-state index in [0.717, 1.165) is 4.88 Å². The molecule has 2 unspecified atom stereocenters. The van der Waals surface area contributed by atoms with E-state index in [1.54, 1.807) is 11.3 Å². The Kier molecular flexibility index (Phi) is 3.19. The Hall–Kier alpha value is -0.230. The zero-order chi connectivity index (χ0) is 8.27. The van der Waals surface area contributed by atoms with Gasteiger partial charge in [-0.2, -0.15) is 0 Å². The van der Waals surface area contributed by atoms with Crippen molar-refractivity contribution in [3.63, 3.8) is 0 Å². The molecule has 0 aliphatic heterocycles. The Labute approximate surface area is 71.9 Å². The molecular weight excluding hydrogens is 182 g/mol. The lowest BCUT2D eigenvalue weighted by atomic mass is 10.3. The van der Waals surface area contributed by atoms with Gasteiger partial charge in [0, 0.05) is 4.88 Å². The molecule has 1 heterocycles. The molecule has 0 aliphatic carbocycles. The quantitative estimate of drug-likeness (QED) is 0.712. The molecule has 1 rings (SSSR count). The second kappa shape index (κ2) is 3.96. The summed E-state index contributed by atoms with van der Waals surface area (Å²) < 4.78 is 21.3. The number of hydrogen-bond acceptors (Lipinski definition) is 2. The highest BCUT2D eigenvalue weighted by atomic mass is 32.2. The average molecular weight is 191 g/mol. The van der Waals surface area contributed by atoms with E-state index in [-0.39, 0.29) is 6.04 Å². The van der Waals surface area contributed by atoms with Gasteiger partial charge < -0.3 is 0 Å². The second-order valence-corrected chi connectivity index (χ2v) is 3.82. The van der Waals surface area contributed by atoms with Crippen LogP contribution in [0.15, 0.2) is 17.5 Å². The van der Waals surface area contributed by atoms with Crippen LogP contribution in [-0.2, 0) is 11.3 Å². The summed E-state index contributed by atoms with van der Waals surface area (Å²) in [5.74, 6) is 0. The van der Waals surface area contributed by atoms with Crippen LogP contribution in [0, 0.1) is 0 Å². The van der Waals surface area contributed by atoms with Crippen LogP contribution in [0.5, 0.6) is 0 Å². The maximum Gasteiger partial charge on any atom is 0.232 e. The smallest absolute Gasteiger partial charge is 0.232 e. The van der Waals surface area contributed by atoms with Gasteiger partial charge in [0.15, 0.2) is 0 Å². The van der Waals surface area contributed by atoms with Gasteiger partial charge in [-0.1, -0.05) is 6.07 Å². The predicted molar refractivity (Wildman–Crippen MR) is 46.6 cm³/mol. The fraction of sp³-hybridized carbons (Fsp3) is 0.333. The summed E-state index contributed by atoms with van der Waals surface area (Å²) >= 11 is -0.359. The largest absolute Gasteiger partial charge is 0.294 e. The number of hydrogen-bond donors (Lipinski definition) is 2. The number of nitrogens with one attached hydrogen (secondary N) is 1. The molecule has 0 saturated heterocycles. The van der Waals surface area contributed by atoms with E-state index in [2.05, 4.69) is 4.72 Å². The standard InChI is InChI=1S/C6H9NO2S2/c1-5(7-11(8)9)6-3-2-4-10-6/h2-5,7H,1H3,(H,8,9). The van der Waals surface area contributed by atoms with Crippen LogP contribution in [-0.4, -0.2) is 8.76 Å². The van der Waals surface area contributed by atoms with E-state index < -0.39 is 11.3 Å². The molecule has 1 aromatic rings. The summed E-state index contributed by atoms with van der Waals surface area (Å²) in [5, 5.41) is 1.94. The van der Waals surface area contributed by atoms with Crippen molar-refractivity contribution >= 4 is 22.6 Å². The van der Waals surface area contributed by atoms with Gasteiger partial charge >= 0.3 is 0 Å². The molecule has 0 aliphatic rings. The minimum Gasteiger partial charge on any atom is -0.294 e. The molecule has 0 saturated carbocycles. The monoisotopic (exact) mass is 191 g/mol. The van der Waals surface area contributed by atoms with Crippen molar-refractivity contribution in [2.75, 3.05) is 0 Å². The van der Waals surface area contributed by atoms with Gasteiger partial charge in [0.1, 0.15) is 0 Å². The zero-order valence-corrected chi connectivity index (χ0v) is 7.61. The average Bonchev–Trinajstić information content (AvgIpc) is 2.35. The molecule has 5 heteroatoms. The summed E-state index contributed by atoms with van der Waals surface area (Å²) in [7, 11) is 0. The van der Waals surface area contributed by atoms with E-state index in [1.165, 1.54) is 0 Å². The minimum atomic E-state index is -1.92. The van der Waals surface area contributed by atoms with E-state index >= 15 is 0 Å². The van der Waals surface area contributed by atoms with E-state index in [1.807, 2.05) is 24.4 Å². The molecule has 0 spiro atoms. The van der Waals surface area contributed by atoms with Gasteiger partial charge in [-0.15, -0.1) is 11.3 Å².